The number of rotatable bonds is 2. The van der Waals surface area contributed by atoms with Crippen LogP contribution in [-0.2, 0) is 4.79 Å². The van der Waals surface area contributed by atoms with E-state index in [9.17, 15) is 4.79 Å². The summed E-state index contributed by atoms with van der Waals surface area (Å²) in [5, 5.41) is 0. The monoisotopic (exact) mass is 188 g/mol. The summed E-state index contributed by atoms with van der Waals surface area (Å²) in [7, 11) is 0. The molecule has 0 spiro atoms. The average molecular weight is 188 g/mol. The highest BCUT2D eigenvalue weighted by Crippen LogP contribution is 2.15. The molecule has 3 heteroatoms. The van der Waals surface area contributed by atoms with Gasteiger partial charge in [-0.25, -0.2) is 0 Å². The van der Waals surface area contributed by atoms with Crippen LogP contribution < -0.4 is 5.73 Å². The second kappa shape index (κ2) is 6.89. The summed E-state index contributed by atoms with van der Waals surface area (Å²) < 4.78 is 0. The summed E-state index contributed by atoms with van der Waals surface area (Å²) in [6.07, 6.45) is 1.90. The molecule has 0 saturated carbocycles. The van der Waals surface area contributed by atoms with Crippen LogP contribution in [0.3, 0.4) is 0 Å². The van der Waals surface area contributed by atoms with Gasteiger partial charge in [-0.15, -0.1) is 0 Å². The first-order valence-corrected chi connectivity index (χ1v) is 5.25. The van der Waals surface area contributed by atoms with Crippen molar-refractivity contribution in [2.75, 3.05) is 19.6 Å². The topological polar surface area (TPSA) is 46.3 Å². The van der Waals surface area contributed by atoms with Crippen molar-refractivity contribution in [1.29, 1.82) is 0 Å². The first-order valence-electron chi connectivity index (χ1n) is 5.25. The van der Waals surface area contributed by atoms with Gasteiger partial charge in [-0.3, -0.25) is 4.79 Å². The fourth-order valence-corrected chi connectivity index (χ4v) is 1.53. The minimum Gasteiger partial charge on any atom is -0.369 e. The quantitative estimate of drug-likeness (QED) is 0.713. The number of likely N-dealkylation sites (tertiary alicyclic amines) is 1. The van der Waals surface area contributed by atoms with E-state index in [0.29, 0.717) is 0 Å². The highest BCUT2D eigenvalue weighted by molar-refractivity contribution is 5.76. The first-order chi connectivity index (χ1) is 6.24. The van der Waals surface area contributed by atoms with Gasteiger partial charge in [-0.2, -0.15) is 0 Å². The summed E-state index contributed by atoms with van der Waals surface area (Å²) in [5.74, 6) is 0.0125. The van der Waals surface area contributed by atoms with Crippen LogP contribution in [0.5, 0.6) is 0 Å². The molecule has 80 valence electrons. The second-order valence-electron chi connectivity index (χ2n) is 3.11. The van der Waals surface area contributed by atoms with Gasteiger partial charge in [0.1, 0.15) is 0 Å². The molecule has 13 heavy (non-hydrogen) atoms. The lowest BCUT2D eigenvalue weighted by atomic mass is 9.96. The van der Waals surface area contributed by atoms with Crippen LogP contribution in [0.2, 0.25) is 0 Å². The fraction of sp³-hybridized carbons (Fsp3) is 0.900. The van der Waals surface area contributed by atoms with Gasteiger partial charge in [0.2, 0.25) is 5.91 Å². The largest absolute Gasteiger partial charge is 0.369 e. The van der Waals surface area contributed by atoms with Gasteiger partial charge in [0.15, 0.2) is 0 Å². The van der Waals surface area contributed by atoms with Crippen molar-refractivity contribution in [2.45, 2.75) is 33.6 Å². The number of nitrogens with two attached hydrogens (primary N) is 1. The summed E-state index contributed by atoms with van der Waals surface area (Å²) >= 11 is 0. The number of primary amides is 1. The van der Waals surface area contributed by atoms with E-state index in [1.165, 1.54) is 0 Å². The molecule has 0 bridgehead atoms. The van der Waals surface area contributed by atoms with Crippen molar-refractivity contribution in [1.82, 2.24) is 4.90 Å². The minimum absolute atomic E-state index is 0. The zero-order valence-electron chi connectivity index (χ0n) is 9.05. The van der Waals surface area contributed by atoms with Crippen molar-refractivity contribution >= 4 is 5.91 Å². The van der Waals surface area contributed by atoms with E-state index in [-0.39, 0.29) is 13.3 Å². The maximum atomic E-state index is 10.8. The molecule has 1 rings (SSSR count). The number of amides is 1. The summed E-state index contributed by atoms with van der Waals surface area (Å²) in [6.45, 7) is 9.30. The van der Waals surface area contributed by atoms with Crippen LogP contribution in [0.4, 0.5) is 0 Å². The van der Waals surface area contributed by atoms with Crippen LogP contribution in [-0.4, -0.2) is 30.4 Å². The highest BCUT2D eigenvalue weighted by Gasteiger charge is 2.21. The third-order valence-electron chi connectivity index (χ3n) is 2.44. The Labute approximate surface area is 82.8 Å². The molecule has 0 unspecified atom stereocenters. The van der Waals surface area contributed by atoms with Crippen LogP contribution in [0.25, 0.3) is 0 Å². The lowest BCUT2D eigenvalue weighted by Crippen LogP contribution is -2.38. The predicted molar refractivity (Wildman–Crippen MR) is 57.5 cm³/mol. The van der Waals surface area contributed by atoms with Crippen LogP contribution in [0.15, 0.2) is 0 Å². The molecule has 1 heterocycles. The van der Waals surface area contributed by atoms with Crippen molar-refractivity contribution < 1.29 is 6.22 Å². The van der Waals surface area contributed by atoms with Gasteiger partial charge in [0.25, 0.3) is 0 Å². The molecule has 0 aromatic heterocycles. The van der Waals surface area contributed by atoms with Crippen LogP contribution in [0.1, 0.15) is 35.0 Å². The van der Waals surface area contributed by atoms with E-state index in [2.05, 4.69) is 11.8 Å². The number of carbonyl (C=O) groups excluding carboxylic acids is 1. The molecule has 1 saturated heterocycles. The molecule has 0 atom stereocenters. The molecular weight excluding hydrogens is 164 g/mol. The molecule has 1 amide bonds. The Bertz CT molecular complexity index is 145. The maximum Gasteiger partial charge on any atom is 0.220 e. The third kappa shape index (κ3) is 4.27. The Balaban J connectivity index is 0. The van der Waals surface area contributed by atoms with Crippen molar-refractivity contribution in [3.05, 3.63) is 0 Å². The molecule has 1 aliphatic heterocycles. The van der Waals surface area contributed by atoms with E-state index in [1.807, 2.05) is 13.8 Å². The van der Waals surface area contributed by atoms with Crippen molar-refractivity contribution in [3.8, 4) is 0 Å². The normalized spacial score (nSPS) is 19.0. The Kier molecular flexibility index (Phi) is 6.59. The molecular formula is C10H24N2O. The van der Waals surface area contributed by atoms with Gasteiger partial charge in [-0.05, 0) is 32.5 Å². The van der Waals surface area contributed by atoms with E-state index in [4.69, 9.17) is 5.73 Å². The predicted octanol–water partition coefficient (Wildman–Crippen LogP) is 1.48. The number of carbonyl (C=O) groups is 1. The molecule has 0 aromatic rings. The molecule has 0 aromatic carbocycles. The van der Waals surface area contributed by atoms with E-state index >= 15 is 0 Å². The summed E-state index contributed by atoms with van der Waals surface area (Å²) in [5.41, 5.74) is 5.20. The number of hydrogen-bond acceptors (Lipinski definition) is 2. The number of piperidine rings is 1. The minimum atomic E-state index is -0.124. The number of hydrogen-bond donors (Lipinski definition) is 1. The standard InChI is InChI=1S/C8H16N2O.C2H6.H2/c1-2-10-5-3-7(4-6-10)8(9)11;1-2;/h7H,2-6H2,1H3,(H2,9,11);1-2H3;1H. The van der Waals surface area contributed by atoms with Crippen LogP contribution in [0, 0.1) is 5.92 Å². The smallest absolute Gasteiger partial charge is 0.220 e. The molecule has 1 aliphatic rings. The molecule has 1 fully saturated rings. The summed E-state index contributed by atoms with van der Waals surface area (Å²) in [6, 6.07) is 0. The third-order valence-corrected chi connectivity index (χ3v) is 2.44. The lowest BCUT2D eigenvalue weighted by Gasteiger charge is -2.29. The first kappa shape index (κ1) is 12.4. The molecule has 3 nitrogen and oxygen atoms in total. The average Bonchev–Trinajstić information content (AvgIpc) is 2.21. The SMILES string of the molecule is CC.CCN1CCC(C(N)=O)CC1.[HH]. The van der Waals surface area contributed by atoms with Crippen molar-refractivity contribution in [3.63, 3.8) is 0 Å². The highest BCUT2D eigenvalue weighted by atomic mass is 16.1. The Morgan fingerprint density at radius 1 is 1.46 bits per heavy atom. The lowest BCUT2D eigenvalue weighted by molar-refractivity contribution is -0.123. The Morgan fingerprint density at radius 3 is 2.23 bits per heavy atom. The van der Waals surface area contributed by atoms with Crippen LogP contribution >= 0.6 is 0 Å². The zero-order chi connectivity index (χ0) is 10.3. The Hall–Kier alpha value is -0.570. The Morgan fingerprint density at radius 2 is 1.92 bits per heavy atom. The van der Waals surface area contributed by atoms with E-state index < -0.39 is 0 Å². The summed E-state index contributed by atoms with van der Waals surface area (Å²) in [4.78, 5) is 13.1. The molecule has 0 aliphatic carbocycles. The fourth-order valence-electron chi connectivity index (χ4n) is 1.53. The second-order valence-corrected chi connectivity index (χ2v) is 3.11. The van der Waals surface area contributed by atoms with E-state index in [1.54, 1.807) is 0 Å². The van der Waals surface area contributed by atoms with Crippen molar-refractivity contribution in [2.24, 2.45) is 11.7 Å². The molecule has 2 N–H and O–H groups in total. The maximum absolute atomic E-state index is 10.8. The van der Waals surface area contributed by atoms with Gasteiger partial charge in [0.05, 0.1) is 0 Å². The van der Waals surface area contributed by atoms with Gasteiger partial charge in [0, 0.05) is 7.34 Å². The van der Waals surface area contributed by atoms with E-state index in [0.717, 1.165) is 32.5 Å². The van der Waals surface area contributed by atoms with Gasteiger partial charge >= 0.3 is 0 Å². The van der Waals surface area contributed by atoms with Gasteiger partial charge in [-0.1, -0.05) is 20.8 Å². The number of nitrogens with zero attached hydrogens (tertiary/aromatic N) is 1. The van der Waals surface area contributed by atoms with Gasteiger partial charge < -0.3 is 10.6 Å². The molecule has 0 radical (unpaired) electrons. The zero-order valence-corrected chi connectivity index (χ0v) is 9.05.